The molecule has 0 fully saturated rings. The maximum absolute atomic E-state index is 11.7. The molecular weight excluding hydrogens is 155 g/mol. The van der Waals surface area contributed by atoms with Crippen molar-refractivity contribution in [1.29, 1.82) is 0 Å². The number of alkyl halides is 1. The van der Waals surface area contributed by atoms with Crippen molar-refractivity contribution in [2.24, 2.45) is 0 Å². The van der Waals surface area contributed by atoms with Gasteiger partial charge in [0.05, 0.1) is 0 Å². The molecule has 0 aliphatic carbocycles. The molecule has 0 aromatic heterocycles. The number of hydrogen-bond acceptors (Lipinski definition) is 1. The summed E-state index contributed by atoms with van der Waals surface area (Å²) in [6.45, 7) is -0.927. The fourth-order valence-electron chi connectivity index (χ4n) is 0.798. The average molecular weight is 164 g/mol. The van der Waals surface area contributed by atoms with Crippen LogP contribution in [-0.2, 0) is 4.79 Å². The Hall–Kier alpha value is -1.44. The molecule has 0 spiro atoms. The van der Waals surface area contributed by atoms with Crippen molar-refractivity contribution in [1.82, 2.24) is 0 Å². The predicted octanol–water partition coefficient (Wildman–Crippen LogP) is 2.24. The van der Waals surface area contributed by atoms with Gasteiger partial charge in [-0.25, -0.2) is 4.39 Å². The Labute approximate surface area is 70.5 Å². The van der Waals surface area contributed by atoms with Gasteiger partial charge < -0.3 is 0 Å². The zero-order valence-electron chi connectivity index (χ0n) is 6.53. The second kappa shape index (κ2) is 4.44. The predicted molar refractivity (Wildman–Crippen MR) is 46.5 cm³/mol. The molecule has 0 unspecified atom stereocenters. The van der Waals surface area contributed by atoms with Crippen LogP contribution in [0, 0.1) is 0 Å². The summed E-state index contributed by atoms with van der Waals surface area (Å²) in [5, 5.41) is 0. The van der Waals surface area contributed by atoms with Gasteiger partial charge in [-0.3, -0.25) is 4.79 Å². The molecule has 0 heterocycles. The van der Waals surface area contributed by atoms with E-state index >= 15 is 0 Å². The lowest BCUT2D eigenvalue weighted by molar-refractivity contribution is -0.115. The van der Waals surface area contributed by atoms with Crippen molar-refractivity contribution >= 4 is 11.9 Å². The van der Waals surface area contributed by atoms with Crippen molar-refractivity contribution in [2.45, 2.75) is 0 Å². The first-order valence-electron chi connectivity index (χ1n) is 3.65. The van der Waals surface area contributed by atoms with E-state index in [-0.39, 0.29) is 0 Å². The van der Waals surface area contributed by atoms with Crippen LogP contribution in [0.2, 0.25) is 0 Å². The van der Waals surface area contributed by atoms with Crippen LogP contribution in [0.3, 0.4) is 0 Å². The van der Waals surface area contributed by atoms with Crippen molar-refractivity contribution in [3.8, 4) is 0 Å². The zero-order valence-corrected chi connectivity index (χ0v) is 6.53. The highest BCUT2D eigenvalue weighted by Crippen LogP contribution is 2.00. The van der Waals surface area contributed by atoms with Crippen LogP contribution in [0.5, 0.6) is 0 Å². The van der Waals surface area contributed by atoms with Crippen molar-refractivity contribution < 1.29 is 9.18 Å². The molecular formula is C10H9FO. The summed E-state index contributed by atoms with van der Waals surface area (Å²) in [6, 6.07) is 9.30. The van der Waals surface area contributed by atoms with Crippen LogP contribution < -0.4 is 0 Å². The minimum atomic E-state index is -0.927. The molecule has 2 heteroatoms. The summed E-state index contributed by atoms with van der Waals surface area (Å²) in [5.74, 6) is -0.501. The van der Waals surface area contributed by atoms with Crippen molar-refractivity contribution in [3.63, 3.8) is 0 Å². The third kappa shape index (κ3) is 2.66. The fourth-order valence-corrected chi connectivity index (χ4v) is 0.798. The maximum Gasteiger partial charge on any atom is 0.186 e. The summed E-state index contributed by atoms with van der Waals surface area (Å²) in [5.41, 5.74) is 0.902. The van der Waals surface area contributed by atoms with Gasteiger partial charge in [-0.05, 0) is 11.6 Å². The highest BCUT2D eigenvalue weighted by molar-refractivity contribution is 5.94. The molecule has 0 atom stereocenters. The van der Waals surface area contributed by atoms with Crippen molar-refractivity contribution in [2.75, 3.05) is 6.67 Å². The minimum Gasteiger partial charge on any atom is -0.292 e. The van der Waals surface area contributed by atoms with E-state index in [1.54, 1.807) is 6.08 Å². The third-order valence-corrected chi connectivity index (χ3v) is 1.39. The maximum atomic E-state index is 11.7. The summed E-state index contributed by atoms with van der Waals surface area (Å²) < 4.78 is 11.7. The van der Waals surface area contributed by atoms with E-state index < -0.39 is 12.5 Å². The molecule has 1 rings (SSSR count). The number of halogens is 1. The molecule has 1 aromatic carbocycles. The van der Waals surface area contributed by atoms with Crippen LogP contribution in [-0.4, -0.2) is 12.5 Å². The smallest absolute Gasteiger partial charge is 0.186 e. The largest absolute Gasteiger partial charge is 0.292 e. The Balaban J connectivity index is 2.64. The Morgan fingerprint density at radius 1 is 1.33 bits per heavy atom. The van der Waals surface area contributed by atoms with Crippen LogP contribution in [0.25, 0.3) is 6.08 Å². The highest BCUT2D eigenvalue weighted by atomic mass is 19.1. The van der Waals surface area contributed by atoms with Gasteiger partial charge in [0, 0.05) is 0 Å². The van der Waals surface area contributed by atoms with Gasteiger partial charge in [0.2, 0.25) is 0 Å². The first-order chi connectivity index (χ1) is 5.83. The summed E-state index contributed by atoms with van der Waals surface area (Å²) >= 11 is 0. The molecule has 0 aliphatic heterocycles. The second-order valence-corrected chi connectivity index (χ2v) is 2.34. The zero-order chi connectivity index (χ0) is 8.81. The number of benzene rings is 1. The third-order valence-electron chi connectivity index (χ3n) is 1.39. The van der Waals surface area contributed by atoms with Gasteiger partial charge in [-0.15, -0.1) is 0 Å². The molecule has 0 radical (unpaired) electrons. The van der Waals surface area contributed by atoms with E-state index in [0.717, 1.165) is 5.56 Å². The van der Waals surface area contributed by atoms with E-state index in [4.69, 9.17) is 0 Å². The molecule has 0 aliphatic rings. The molecule has 0 saturated carbocycles. The number of carbonyl (C=O) groups is 1. The van der Waals surface area contributed by atoms with Crippen LogP contribution >= 0.6 is 0 Å². The molecule has 0 N–H and O–H groups in total. The number of allylic oxidation sites excluding steroid dienone is 1. The van der Waals surface area contributed by atoms with Gasteiger partial charge in [0.1, 0.15) is 0 Å². The summed E-state index contributed by atoms with van der Waals surface area (Å²) in [6.07, 6.45) is 2.84. The molecule has 0 saturated heterocycles. The number of hydrogen-bond donors (Lipinski definition) is 0. The summed E-state index contributed by atoms with van der Waals surface area (Å²) in [7, 11) is 0. The normalized spacial score (nSPS) is 10.4. The number of rotatable bonds is 3. The van der Waals surface area contributed by atoms with Crippen LogP contribution in [0.15, 0.2) is 36.4 Å². The quantitative estimate of drug-likeness (QED) is 0.626. The lowest BCUT2D eigenvalue weighted by Gasteiger charge is -1.89. The first-order valence-corrected chi connectivity index (χ1v) is 3.65. The van der Waals surface area contributed by atoms with E-state index in [9.17, 15) is 9.18 Å². The second-order valence-electron chi connectivity index (χ2n) is 2.34. The number of carbonyl (C=O) groups excluding carboxylic acids is 1. The molecule has 0 bridgehead atoms. The monoisotopic (exact) mass is 164 g/mol. The first kappa shape index (κ1) is 8.65. The van der Waals surface area contributed by atoms with Gasteiger partial charge in [-0.1, -0.05) is 36.4 Å². The molecule has 0 amide bonds. The molecule has 1 nitrogen and oxygen atoms in total. The van der Waals surface area contributed by atoms with E-state index in [1.807, 2.05) is 30.3 Å². The topological polar surface area (TPSA) is 17.1 Å². The Morgan fingerprint density at radius 3 is 2.58 bits per heavy atom. The molecule has 62 valence electrons. The Bertz CT molecular complexity index is 277. The van der Waals surface area contributed by atoms with Gasteiger partial charge >= 0.3 is 0 Å². The SMILES string of the molecule is O=C(C=Cc1ccccc1)CF. The minimum absolute atomic E-state index is 0.501. The number of ketones is 1. The van der Waals surface area contributed by atoms with Crippen molar-refractivity contribution in [3.05, 3.63) is 42.0 Å². The standard InChI is InChI=1S/C10H9FO/c11-8-10(12)7-6-9-4-2-1-3-5-9/h1-7H,8H2. The fraction of sp³-hybridized carbons (Fsp3) is 0.100. The highest BCUT2D eigenvalue weighted by Gasteiger charge is 1.91. The molecule has 1 aromatic rings. The van der Waals surface area contributed by atoms with Gasteiger partial charge in [-0.2, -0.15) is 0 Å². The van der Waals surface area contributed by atoms with Gasteiger partial charge in [0.15, 0.2) is 12.5 Å². The average Bonchev–Trinajstić information content (AvgIpc) is 2.16. The molecule has 12 heavy (non-hydrogen) atoms. The Morgan fingerprint density at radius 2 is 2.00 bits per heavy atom. The summed E-state index contributed by atoms with van der Waals surface area (Å²) in [4.78, 5) is 10.5. The Kier molecular flexibility index (Phi) is 3.20. The van der Waals surface area contributed by atoms with Gasteiger partial charge in [0.25, 0.3) is 0 Å². The van der Waals surface area contributed by atoms with E-state index in [2.05, 4.69) is 0 Å². The van der Waals surface area contributed by atoms with Crippen LogP contribution in [0.4, 0.5) is 4.39 Å². The van der Waals surface area contributed by atoms with E-state index in [0.29, 0.717) is 0 Å². The lowest BCUT2D eigenvalue weighted by atomic mass is 10.2. The lowest BCUT2D eigenvalue weighted by Crippen LogP contribution is -1.92. The van der Waals surface area contributed by atoms with E-state index in [1.165, 1.54) is 6.08 Å². The van der Waals surface area contributed by atoms with Crippen LogP contribution in [0.1, 0.15) is 5.56 Å².